The molecular weight excluding hydrogens is 342 g/mol. The molecule has 0 saturated carbocycles. The van der Waals surface area contributed by atoms with Crippen molar-refractivity contribution >= 4 is 46.0 Å². The summed E-state index contributed by atoms with van der Waals surface area (Å²) in [5.41, 5.74) is 1.35. The molecule has 1 N–H and O–H groups in total. The minimum Gasteiger partial charge on any atom is -0.480 e. The molecule has 0 aromatic heterocycles. The molecule has 2 aliphatic rings. The van der Waals surface area contributed by atoms with Crippen LogP contribution in [0.5, 0.6) is 0 Å². The minimum absolute atomic E-state index is 0.256. The van der Waals surface area contributed by atoms with E-state index in [0.717, 1.165) is 0 Å². The third kappa shape index (κ3) is 2.82. The molecule has 7 nitrogen and oxygen atoms in total. The van der Waals surface area contributed by atoms with Crippen LogP contribution in [0.2, 0.25) is 0 Å². The number of hydrogen-bond acceptors (Lipinski definition) is 5. The molecule has 2 aliphatic heterocycles. The van der Waals surface area contributed by atoms with Gasteiger partial charge in [-0.3, -0.25) is 29.2 Å². The molecule has 2 amide bonds. The molecular formula is C17H17N3O4S. The highest BCUT2D eigenvalue weighted by Crippen LogP contribution is 2.44. The van der Waals surface area contributed by atoms with Crippen molar-refractivity contribution in [2.75, 3.05) is 24.5 Å². The van der Waals surface area contributed by atoms with Gasteiger partial charge in [0, 0.05) is 18.7 Å². The van der Waals surface area contributed by atoms with Gasteiger partial charge in [-0.05, 0) is 31.7 Å². The van der Waals surface area contributed by atoms with E-state index in [0.29, 0.717) is 34.4 Å². The highest BCUT2D eigenvalue weighted by Gasteiger charge is 2.42. The largest absolute Gasteiger partial charge is 0.480 e. The average molecular weight is 359 g/mol. The number of thioether (sulfide) groups is 1. The molecule has 0 radical (unpaired) electrons. The summed E-state index contributed by atoms with van der Waals surface area (Å²) in [5.74, 6) is -1.84. The summed E-state index contributed by atoms with van der Waals surface area (Å²) in [5, 5.41) is 9.67. The van der Waals surface area contributed by atoms with Crippen LogP contribution in [-0.2, 0) is 14.4 Å². The topological polar surface area (TPSA) is 90.3 Å². The number of carbonyl (C=O) groups excluding carboxylic acids is 2. The zero-order valence-corrected chi connectivity index (χ0v) is 14.7. The number of nitrogens with zero attached hydrogens (tertiary/aromatic N) is 3. The third-order valence-electron chi connectivity index (χ3n) is 3.92. The lowest BCUT2D eigenvalue weighted by atomic mass is 10.1. The van der Waals surface area contributed by atoms with E-state index in [2.05, 4.69) is 4.99 Å². The Morgan fingerprint density at radius 3 is 2.52 bits per heavy atom. The fraction of sp³-hybridized carbons (Fsp3) is 0.294. The summed E-state index contributed by atoms with van der Waals surface area (Å²) >= 11 is 1.17. The lowest BCUT2D eigenvalue weighted by Gasteiger charge is -2.13. The van der Waals surface area contributed by atoms with Gasteiger partial charge >= 0.3 is 5.97 Å². The highest BCUT2D eigenvalue weighted by atomic mass is 32.2. The van der Waals surface area contributed by atoms with Crippen LogP contribution in [0, 0.1) is 0 Å². The van der Waals surface area contributed by atoms with Gasteiger partial charge in [0.1, 0.15) is 6.54 Å². The van der Waals surface area contributed by atoms with Crippen molar-refractivity contribution in [3.8, 4) is 0 Å². The second kappa shape index (κ2) is 6.72. The number of aliphatic imine (C=N–C) groups is 1. The number of carbonyl (C=O) groups is 3. The van der Waals surface area contributed by atoms with Crippen LogP contribution in [0.3, 0.4) is 0 Å². The quantitative estimate of drug-likeness (QED) is 0.828. The number of carboxylic acid groups (broad SMARTS) is 1. The Kier molecular flexibility index (Phi) is 4.63. The molecule has 25 heavy (non-hydrogen) atoms. The first-order valence-electron chi connectivity index (χ1n) is 7.91. The summed E-state index contributed by atoms with van der Waals surface area (Å²) in [6, 6.07) is 6.92. The summed E-state index contributed by atoms with van der Waals surface area (Å²) in [6.07, 6.45) is 0. The number of rotatable bonds is 4. The van der Waals surface area contributed by atoms with E-state index in [-0.39, 0.29) is 11.5 Å². The van der Waals surface area contributed by atoms with E-state index in [9.17, 15) is 14.4 Å². The third-order valence-corrected chi connectivity index (χ3v) is 5.03. The average Bonchev–Trinajstić information content (AvgIpc) is 3.02. The molecule has 1 aromatic rings. The summed E-state index contributed by atoms with van der Waals surface area (Å²) < 4.78 is 0. The Hall–Kier alpha value is -2.61. The molecule has 0 spiro atoms. The van der Waals surface area contributed by atoms with Crippen LogP contribution in [0.1, 0.15) is 19.4 Å². The molecule has 1 aromatic carbocycles. The van der Waals surface area contributed by atoms with Gasteiger partial charge in [-0.15, -0.1) is 0 Å². The van der Waals surface area contributed by atoms with Gasteiger partial charge in [0.25, 0.3) is 11.8 Å². The van der Waals surface area contributed by atoms with E-state index in [4.69, 9.17) is 5.11 Å². The predicted octanol–water partition coefficient (Wildman–Crippen LogP) is 1.80. The second-order valence-corrected chi connectivity index (χ2v) is 6.39. The van der Waals surface area contributed by atoms with E-state index < -0.39 is 18.4 Å². The van der Waals surface area contributed by atoms with Gasteiger partial charge in [0.05, 0.1) is 16.2 Å². The first-order valence-corrected chi connectivity index (χ1v) is 8.72. The zero-order chi connectivity index (χ0) is 18.1. The van der Waals surface area contributed by atoms with Crippen molar-refractivity contribution < 1.29 is 19.5 Å². The van der Waals surface area contributed by atoms with Crippen LogP contribution in [0.25, 0.3) is 5.57 Å². The van der Waals surface area contributed by atoms with Crippen molar-refractivity contribution in [2.45, 2.75) is 13.8 Å². The highest BCUT2D eigenvalue weighted by molar-refractivity contribution is 8.18. The predicted molar refractivity (Wildman–Crippen MR) is 96.3 cm³/mol. The Morgan fingerprint density at radius 1 is 1.16 bits per heavy atom. The Bertz CT molecular complexity index is 831. The maximum Gasteiger partial charge on any atom is 0.323 e. The molecule has 3 rings (SSSR count). The van der Waals surface area contributed by atoms with E-state index in [1.807, 2.05) is 13.8 Å². The van der Waals surface area contributed by atoms with Crippen molar-refractivity contribution in [1.82, 2.24) is 4.90 Å². The van der Waals surface area contributed by atoms with Gasteiger partial charge in [0.2, 0.25) is 0 Å². The van der Waals surface area contributed by atoms with Crippen LogP contribution < -0.4 is 4.90 Å². The van der Waals surface area contributed by atoms with Crippen molar-refractivity contribution in [2.24, 2.45) is 4.99 Å². The Labute approximate surface area is 149 Å². The Balaban J connectivity index is 2.15. The monoisotopic (exact) mass is 359 g/mol. The van der Waals surface area contributed by atoms with Gasteiger partial charge in [0.15, 0.2) is 5.17 Å². The molecule has 0 unspecified atom stereocenters. The zero-order valence-electron chi connectivity index (χ0n) is 13.9. The first-order chi connectivity index (χ1) is 12.0. The first kappa shape index (κ1) is 17.2. The molecule has 0 bridgehead atoms. The summed E-state index contributed by atoms with van der Waals surface area (Å²) in [6.45, 7) is 4.26. The standard InChI is InChI=1S/C17H17N3O4S/c1-3-18-17-19(4-2)16(24)14(25-17)13-10-7-5-6-8-11(10)20(15(13)23)9-12(21)22/h5-8H,3-4,9H2,1-2H3,(H,21,22). The van der Waals surface area contributed by atoms with Gasteiger partial charge in [-0.25, -0.2) is 0 Å². The van der Waals surface area contributed by atoms with Crippen LogP contribution in [0.4, 0.5) is 5.69 Å². The van der Waals surface area contributed by atoms with E-state index >= 15 is 0 Å². The number of para-hydroxylation sites is 1. The number of amides is 2. The van der Waals surface area contributed by atoms with Crippen molar-refractivity contribution in [3.05, 3.63) is 34.7 Å². The van der Waals surface area contributed by atoms with Crippen LogP contribution >= 0.6 is 11.8 Å². The number of likely N-dealkylation sites (N-methyl/N-ethyl adjacent to an activating group) is 1. The maximum absolute atomic E-state index is 12.9. The second-order valence-electron chi connectivity index (χ2n) is 5.41. The smallest absolute Gasteiger partial charge is 0.323 e. The maximum atomic E-state index is 12.9. The van der Waals surface area contributed by atoms with E-state index in [1.54, 1.807) is 24.3 Å². The number of benzene rings is 1. The summed E-state index contributed by atoms with van der Waals surface area (Å²) in [4.78, 5) is 44.1. The molecule has 0 atom stereocenters. The fourth-order valence-electron chi connectivity index (χ4n) is 2.88. The van der Waals surface area contributed by atoms with Crippen LogP contribution in [0.15, 0.2) is 34.2 Å². The molecule has 1 fully saturated rings. The number of amidine groups is 1. The van der Waals surface area contributed by atoms with Gasteiger partial charge in [-0.2, -0.15) is 0 Å². The van der Waals surface area contributed by atoms with Crippen molar-refractivity contribution in [1.29, 1.82) is 0 Å². The number of hydrogen-bond donors (Lipinski definition) is 1. The fourth-order valence-corrected chi connectivity index (χ4v) is 4.08. The number of aliphatic carboxylic acids is 1. The minimum atomic E-state index is -1.11. The molecule has 130 valence electrons. The molecule has 1 saturated heterocycles. The number of fused-ring (bicyclic) bond motifs is 1. The number of carboxylic acids is 1. The lowest BCUT2D eigenvalue weighted by molar-refractivity contribution is -0.136. The van der Waals surface area contributed by atoms with Crippen molar-refractivity contribution in [3.63, 3.8) is 0 Å². The normalized spacial score (nSPS) is 21.4. The SMILES string of the molecule is CCN=C1SC(=C2C(=O)N(CC(=O)O)c3ccccc32)C(=O)N1CC. The molecule has 2 heterocycles. The van der Waals surface area contributed by atoms with Gasteiger partial charge in [-0.1, -0.05) is 18.2 Å². The van der Waals surface area contributed by atoms with E-state index in [1.165, 1.54) is 21.6 Å². The number of anilines is 1. The molecule has 8 heteroatoms. The van der Waals surface area contributed by atoms with Crippen LogP contribution in [-0.4, -0.2) is 52.6 Å². The molecule has 0 aliphatic carbocycles. The van der Waals surface area contributed by atoms with Gasteiger partial charge < -0.3 is 5.11 Å². The Morgan fingerprint density at radius 2 is 1.88 bits per heavy atom. The lowest BCUT2D eigenvalue weighted by Crippen LogP contribution is -2.33. The summed E-state index contributed by atoms with van der Waals surface area (Å²) in [7, 11) is 0.